The molecule has 1 fully saturated rings. The minimum absolute atomic E-state index is 0.127. The lowest BCUT2D eigenvalue weighted by Gasteiger charge is -2.11. The molecule has 0 radical (unpaired) electrons. The molecular weight excluding hydrogens is 310 g/mol. The van der Waals surface area contributed by atoms with E-state index in [1.807, 2.05) is 0 Å². The largest absolute Gasteiger partial charge is 0.348 e. The number of hydrogen-bond donors (Lipinski definition) is 1. The molecule has 1 atom stereocenters. The van der Waals surface area contributed by atoms with E-state index in [0.717, 1.165) is 0 Å². The van der Waals surface area contributed by atoms with E-state index in [1.54, 1.807) is 0 Å². The maximum atomic E-state index is 13.8. The summed E-state index contributed by atoms with van der Waals surface area (Å²) in [6.07, 6.45) is 0.131. The Hall–Kier alpha value is -2.10. The predicted molar refractivity (Wildman–Crippen MR) is 67.5 cm³/mol. The van der Waals surface area contributed by atoms with Gasteiger partial charge in [0.2, 0.25) is 5.82 Å². The first kappa shape index (κ1) is 15.3. The number of nitro benzene ring substituents is 1. The zero-order chi connectivity index (χ0) is 15.8. The van der Waals surface area contributed by atoms with Gasteiger partial charge < -0.3 is 5.32 Å². The van der Waals surface area contributed by atoms with Crippen molar-refractivity contribution >= 4 is 21.4 Å². The predicted octanol–water partition coefficient (Wildman–Crippen LogP) is 0.790. The van der Waals surface area contributed by atoms with Gasteiger partial charge in [-0.1, -0.05) is 0 Å². The van der Waals surface area contributed by atoms with E-state index < -0.39 is 49.6 Å². The summed E-state index contributed by atoms with van der Waals surface area (Å²) < 4.78 is 49.8. The summed E-state index contributed by atoms with van der Waals surface area (Å²) >= 11 is 0. The highest BCUT2D eigenvalue weighted by Gasteiger charge is 2.32. The molecule has 21 heavy (non-hydrogen) atoms. The van der Waals surface area contributed by atoms with Crippen molar-refractivity contribution in [1.82, 2.24) is 5.32 Å². The number of carbonyl (C=O) groups is 1. The topological polar surface area (TPSA) is 106 Å². The molecule has 0 aromatic heterocycles. The van der Waals surface area contributed by atoms with Crippen LogP contribution in [0.25, 0.3) is 0 Å². The Morgan fingerprint density at radius 3 is 2.57 bits per heavy atom. The van der Waals surface area contributed by atoms with Gasteiger partial charge in [-0.15, -0.1) is 0 Å². The molecular formula is C11H10F2N2O5S. The van der Waals surface area contributed by atoms with Crippen LogP contribution in [0.15, 0.2) is 12.1 Å². The molecule has 1 aromatic carbocycles. The second kappa shape index (κ2) is 5.35. The molecule has 0 spiro atoms. The molecule has 2 rings (SSSR count). The van der Waals surface area contributed by atoms with Gasteiger partial charge in [0.05, 0.1) is 16.4 Å². The maximum Gasteiger partial charge on any atom is 0.305 e. The van der Waals surface area contributed by atoms with Gasteiger partial charge >= 0.3 is 5.69 Å². The third-order valence-electron chi connectivity index (χ3n) is 3.06. The smallest absolute Gasteiger partial charge is 0.305 e. The number of rotatable bonds is 3. The van der Waals surface area contributed by atoms with Gasteiger partial charge in [-0.2, -0.15) is 4.39 Å². The number of nitrogens with one attached hydrogen (secondary N) is 1. The van der Waals surface area contributed by atoms with Crippen LogP contribution in [0, 0.1) is 21.7 Å². The molecule has 1 N–H and O–H groups in total. The highest BCUT2D eigenvalue weighted by molar-refractivity contribution is 7.91. The summed E-state index contributed by atoms with van der Waals surface area (Å²) in [7, 11) is -3.28. The van der Waals surface area contributed by atoms with Crippen LogP contribution in [0.2, 0.25) is 0 Å². The van der Waals surface area contributed by atoms with E-state index in [9.17, 15) is 32.1 Å². The fourth-order valence-electron chi connectivity index (χ4n) is 2.06. The minimum atomic E-state index is -3.28. The van der Waals surface area contributed by atoms with Crippen LogP contribution < -0.4 is 5.32 Å². The summed E-state index contributed by atoms with van der Waals surface area (Å²) in [6.45, 7) is 0. The highest BCUT2D eigenvalue weighted by atomic mass is 32.2. The van der Waals surface area contributed by atoms with Crippen molar-refractivity contribution in [2.45, 2.75) is 12.5 Å². The SMILES string of the molecule is O=C(NC1CCS(=O)(=O)C1)c1c(F)ccc([N+](=O)[O-])c1F. The van der Waals surface area contributed by atoms with E-state index in [0.29, 0.717) is 12.1 Å². The fourth-order valence-corrected chi connectivity index (χ4v) is 3.73. The molecule has 1 unspecified atom stereocenters. The van der Waals surface area contributed by atoms with Gasteiger partial charge in [-0.05, 0) is 12.5 Å². The number of nitrogens with zero attached hydrogens (tertiary/aromatic N) is 1. The molecule has 1 amide bonds. The Balaban J connectivity index is 2.27. The molecule has 1 aliphatic heterocycles. The van der Waals surface area contributed by atoms with Crippen LogP contribution in [0.5, 0.6) is 0 Å². The number of benzene rings is 1. The molecule has 0 saturated carbocycles. The second-order valence-corrected chi connectivity index (χ2v) is 6.81. The Morgan fingerprint density at radius 1 is 1.38 bits per heavy atom. The van der Waals surface area contributed by atoms with E-state index >= 15 is 0 Å². The minimum Gasteiger partial charge on any atom is -0.348 e. The number of halogens is 2. The maximum absolute atomic E-state index is 13.8. The zero-order valence-electron chi connectivity index (χ0n) is 10.5. The molecule has 1 aliphatic rings. The van der Waals surface area contributed by atoms with Crippen LogP contribution in [-0.4, -0.2) is 36.8 Å². The van der Waals surface area contributed by atoms with Crippen LogP contribution in [0.4, 0.5) is 14.5 Å². The average Bonchev–Trinajstić information content (AvgIpc) is 2.68. The Kier molecular flexibility index (Phi) is 3.90. The summed E-state index contributed by atoms with van der Waals surface area (Å²) in [5.41, 5.74) is -2.12. The van der Waals surface area contributed by atoms with Crippen molar-refractivity contribution in [3.63, 3.8) is 0 Å². The molecule has 1 saturated heterocycles. The third kappa shape index (κ3) is 3.15. The molecule has 7 nitrogen and oxygen atoms in total. The van der Waals surface area contributed by atoms with Gasteiger partial charge in [0.1, 0.15) is 11.4 Å². The van der Waals surface area contributed by atoms with Gasteiger partial charge in [-0.25, -0.2) is 12.8 Å². The number of nitro groups is 1. The molecule has 10 heteroatoms. The van der Waals surface area contributed by atoms with Gasteiger partial charge in [0, 0.05) is 12.1 Å². The summed E-state index contributed by atoms with van der Waals surface area (Å²) in [5.74, 6) is -4.50. The van der Waals surface area contributed by atoms with Crippen molar-refractivity contribution in [3.8, 4) is 0 Å². The van der Waals surface area contributed by atoms with Gasteiger partial charge in [0.15, 0.2) is 9.84 Å². The monoisotopic (exact) mass is 320 g/mol. The average molecular weight is 320 g/mol. The van der Waals surface area contributed by atoms with E-state index in [-0.39, 0.29) is 17.9 Å². The second-order valence-electron chi connectivity index (χ2n) is 4.59. The summed E-state index contributed by atoms with van der Waals surface area (Å²) in [6, 6.07) is 0.462. The van der Waals surface area contributed by atoms with Crippen molar-refractivity contribution < 1.29 is 26.9 Å². The van der Waals surface area contributed by atoms with Crippen LogP contribution in [-0.2, 0) is 9.84 Å². The van der Waals surface area contributed by atoms with Crippen molar-refractivity contribution in [2.24, 2.45) is 0 Å². The first-order chi connectivity index (χ1) is 9.71. The summed E-state index contributed by atoms with van der Waals surface area (Å²) in [4.78, 5) is 21.3. The Morgan fingerprint density at radius 2 is 2.05 bits per heavy atom. The lowest BCUT2D eigenvalue weighted by molar-refractivity contribution is -0.387. The van der Waals surface area contributed by atoms with Gasteiger partial charge in [0.25, 0.3) is 5.91 Å². The first-order valence-electron chi connectivity index (χ1n) is 5.85. The molecule has 1 aromatic rings. The molecule has 0 aliphatic carbocycles. The normalized spacial score (nSPS) is 20.2. The molecule has 0 bridgehead atoms. The number of hydrogen-bond acceptors (Lipinski definition) is 5. The van der Waals surface area contributed by atoms with Crippen molar-refractivity contribution in [2.75, 3.05) is 11.5 Å². The van der Waals surface area contributed by atoms with E-state index in [1.165, 1.54) is 0 Å². The fraction of sp³-hybridized carbons (Fsp3) is 0.364. The lowest BCUT2D eigenvalue weighted by atomic mass is 10.1. The van der Waals surface area contributed by atoms with Crippen molar-refractivity contribution in [1.29, 1.82) is 0 Å². The van der Waals surface area contributed by atoms with E-state index in [2.05, 4.69) is 5.32 Å². The lowest BCUT2D eigenvalue weighted by Crippen LogP contribution is -2.36. The van der Waals surface area contributed by atoms with Crippen molar-refractivity contribution in [3.05, 3.63) is 39.4 Å². The zero-order valence-corrected chi connectivity index (χ0v) is 11.3. The third-order valence-corrected chi connectivity index (χ3v) is 4.83. The number of sulfone groups is 1. The number of amides is 1. The van der Waals surface area contributed by atoms with E-state index in [4.69, 9.17) is 0 Å². The standard InChI is InChI=1S/C11H10F2N2O5S/c12-7-1-2-8(15(17)18)10(13)9(7)11(16)14-6-3-4-21(19,20)5-6/h1-2,6H,3-5H2,(H,14,16). The molecule has 114 valence electrons. The quantitative estimate of drug-likeness (QED) is 0.654. The highest BCUT2D eigenvalue weighted by Crippen LogP contribution is 2.23. The summed E-state index contributed by atoms with van der Waals surface area (Å²) in [5, 5.41) is 12.7. The Labute approximate surface area is 118 Å². The van der Waals surface area contributed by atoms with Crippen LogP contribution in [0.3, 0.4) is 0 Å². The number of carbonyl (C=O) groups excluding carboxylic acids is 1. The van der Waals surface area contributed by atoms with Crippen LogP contribution >= 0.6 is 0 Å². The van der Waals surface area contributed by atoms with Gasteiger partial charge in [-0.3, -0.25) is 14.9 Å². The Bertz CT molecular complexity index is 720. The van der Waals surface area contributed by atoms with Crippen LogP contribution in [0.1, 0.15) is 16.8 Å². The molecule has 1 heterocycles. The first-order valence-corrected chi connectivity index (χ1v) is 7.67.